The molecule has 0 atom stereocenters. The lowest BCUT2D eigenvalue weighted by Crippen LogP contribution is -2.13. The minimum atomic E-state index is -3.76. The number of anilines is 2. The third kappa shape index (κ3) is 5.48. The van der Waals surface area contributed by atoms with Crippen LogP contribution in [-0.4, -0.2) is 40.8 Å². The summed E-state index contributed by atoms with van der Waals surface area (Å²) in [5.41, 5.74) is 0.356. The molecule has 2 rings (SSSR count). The molecular formula is C16H20ClN3O4S. The first-order chi connectivity index (χ1) is 12.0. The van der Waals surface area contributed by atoms with E-state index in [1.807, 2.05) is 0 Å². The number of hydrogen-bond donors (Lipinski definition) is 2. The highest BCUT2D eigenvalue weighted by Crippen LogP contribution is 2.27. The van der Waals surface area contributed by atoms with Crippen molar-refractivity contribution in [1.29, 1.82) is 0 Å². The molecule has 0 fully saturated rings. The van der Waals surface area contributed by atoms with Crippen LogP contribution in [0.1, 0.15) is 6.42 Å². The Labute approximate surface area is 152 Å². The Morgan fingerprint density at radius 3 is 2.60 bits per heavy atom. The van der Waals surface area contributed by atoms with Crippen LogP contribution in [-0.2, 0) is 14.8 Å². The number of hydrogen-bond acceptors (Lipinski definition) is 6. The fourth-order valence-corrected chi connectivity index (χ4v) is 3.41. The van der Waals surface area contributed by atoms with E-state index < -0.39 is 10.0 Å². The monoisotopic (exact) mass is 385 g/mol. The van der Waals surface area contributed by atoms with Crippen molar-refractivity contribution in [2.75, 3.05) is 37.4 Å². The van der Waals surface area contributed by atoms with Gasteiger partial charge in [0, 0.05) is 20.3 Å². The molecule has 2 aromatic rings. The fourth-order valence-electron chi connectivity index (χ4n) is 2.02. The first-order valence-electron chi connectivity index (χ1n) is 7.51. The minimum absolute atomic E-state index is 0.0417. The Morgan fingerprint density at radius 2 is 2.00 bits per heavy atom. The van der Waals surface area contributed by atoms with Gasteiger partial charge < -0.3 is 14.8 Å². The maximum absolute atomic E-state index is 12.4. The van der Waals surface area contributed by atoms with E-state index in [9.17, 15) is 8.42 Å². The van der Waals surface area contributed by atoms with E-state index in [-0.39, 0.29) is 9.92 Å². The summed E-state index contributed by atoms with van der Waals surface area (Å²) in [6, 6.07) is 7.59. The normalized spacial score (nSPS) is 11.2. The van der Waals surface area contributed by atoms with E-state index in [1.165, 1.54) is 31.5 Å². The van der Waals surface area contributed by atoms with Gasteiger partial charge in [0.15, 0.2) is 0 Å². The predicted molar refractivity (Wildman–Crippen MR) is 98.0 cm³/mol. The molecule has 0 bridgehead atoms. The summed E-state index contributed by atoms with van der Waals surface area (Å²) in [4.78, 5) is 4.22. The third-order valence-electron chi connectivity index (χ3n) is 3.28. The first-order valence-corrected chi connectivity index (χ1v) is 9.37. The second kappa shape index (κ2) is 8.89. The number of ether oxygens (including phenoxy) is 2. The van der Waals surface area contributed by atoms with Crippen molar-refractivity contribution in [3.8, 4) is 5.75 Å². The maximum atomic E-state index is 12.4. The molecule has 0 amide bonds. The van der Waals surface area contributed by atoms with E-state index >= 15 is 0 Å². The number of nitrogens with zero attached hydrogens (tertiary/aromatic N) is 1. The highest BCUT2D eigenvalue weighted by atomic mass is 35.5. The van der Waals surface area contributed by atoms with Gasteiger partial charge in [-0.1, -0.05) is 11.6 Å². The molecule has 136 valence electrons. The summed E-state index contributed by atoms with van der Waals surface area (Å²) in [5, 5.41) is 3.34. The SMILES string of the molecule is COCCCNc1ccc(NS(=O)(=O)c2ccc(OC)c(Cl)c2)cn1. The number of benzene rings is 1. The molecule has 7 nitrogen and oxygen atoms in total. The molecule has 9 heteroatoms. The zero-order valence-corrected chi connectivity index (χ0v) is 15.5. The minimum Gasteiger partial charge on any atom is -0.495 e. The first kappa shape index (κ1) is 19.3. The molecule has 25 heavy (non-hydrogen) atoms. The molecule has 1 aromatic carbocycles. The second-order valence-electron chi connectivity index (χ2n) is 5.11. The molecule has 0 aliphatic rings. The summed E-state index contributed by atoms with van der Waals surface area (Å²) >= 11 is 5.98. The van der Waals surface area contributed by atoms with Gasteiger partial charge in [-0.15, -0.1) is 0 Å². The smallest absolute Gasteiger partial charge is 0.261 e. The van der Waals surface area contributed by atoms with Crippen LogP contribution in [0.25, 0.3) is 0 Å². The van der Waals surface area contributed by atoms with Crippen LogP contribution in [0.15, 0.2) is 41.4 Å². The van der Waals surface area contributed by atoms with Crippen molar-refractivity contribution in [3.05, 3.63) is 41.6 Å². The molecule has 0 aliphatic carbocycles. The number of rotatable bonds is 9. The van der Waals surface area contributed by atoms with E-state index in [2.05, 4.69) is 15.0 Å². The highest BCUT2D eigenvalue weighted by molar-refractivity contribution is 7.92. The van der Waals surface area contributed by atoms with E-state index in [4.69, 9.17) is 21.1 Å². The highest BCUT2D eigenvalue weighted by Gasteiger charge is 2.16. The van der Waals surface area contributed by atoms with Gasteiger partial charge in [-0.3, -0.25) is 4.72 Å². The van der Waals surface area contributed by atoms with E-state index in [0.29, 0.717) is 23.9 Å². The van der Waals surface area contributed by atoms with Crippen molar-refractivity contribution in [2.45, 2.75) is 11.3 Å². The molecule has 0 saturated carbocycles. The largest absolute Gasteiger partial charge is 0.495 e. The van der Waals surface area contributed by atoms with Crippen LogP contribution in [0.5, 0.6) is 5.75 Å². The average Bonchev–Trinajstić information content (AvgIpc) is 2.60. The quantitative estimate of drug-likeness (QED) is 0.645. The third-order valence-corrected chi connectivity index (χ3v) is 4.95. The summed E-state index contributed by atoms with van der Waals surface area (Å²) < 4.78 is 37.3. The van der Waals surface area contributed by atoms with Crippen molar-refractivity contribution in [1.82, 2.24) is 4.98 Å². The van der Waals surface area contributed by atoms with Crippen LogP contribution in [0.4, 0.5) is 11.5 Å². The maximum Gasteiger partial charge on any atom is 0.261 e. The lowest BCUT2D eigenvalue weighted by molar-refractivity contribution is 0.198. The van der Waals surface area contributed by atoms with Crippen LogP contribution in [0.3, 0.4) is 0 Å². The van der Waals surface area contributed by atoms with Crippen molar-refractivity contribution in [3.63, 3.8) is 0 Å². The lowest BCUT2D eigenvalue weighted by atomic mass is 10.3. The van der Waals surface area contributed by atoms with Gasteiger partial charge in [0.25, 0.3) is 10.0 Å². The molecule has 2 N–H and O–H groups in total. The van der Waals surface area contributed by atoms with Crippen molar-refractivity contribution >= 4 is 33.1 Å². The Morgan fingerprint density at radius 1 is 1.20 bits per heavy atom. The van der Waals surface area contributed by atoms with Gasteiger partial charge in [-0.2, -0.15) is 0 Å². The summed E-state index contributed by atoms with van der Waals surface area (Å²) in [6.45, 7) is 1.38. The second-order valence-corrected chi connectivity index (χ2v) is 7.20. The number of halogens is 1. The van der Waals surface area contributed by atoms with Gasteiger partial charge in [0.2, 0.25) is 0 Å². The van der Waals surface area contributed by atoms with Crippen LogP contribution in [0.2, 0.25) is 5.02 Å². The topological polar surface area (TPSA) is 89.6 Å². The van der Waals surface area contributed by atoms with Crippen molar-refractivity contribution < 1.29 is 17.9 Å². The van der Waals surface area contributed by atoms with Gasteiger partial charge >= 0.3 is 0 Å². The van der Waals surface area contributed by atoms with Crippen molar-refractivity contribution in [2.24, 2.45) is 0 Å². The molecule has 0 spiro atoms. The standard InChI is InChI=1S/C16H20ClN3O4S/c1-23-9-3-8-18-16-7-4-12(11-19-16)20-25(21,22)13-5-6-15(24-2)14(17)10-13/h4-7,10-11,20H,3,8-9H2,1-2H3,(H,18,19). The molecule has 0 aliphatic heterocycles. The van der Waals surface area contributed by atoms with Crippen LogP contribution in [0, 0.1) is 0 Å². The number of nitrogens with one attached hydrogen (secondary N) is 2. The Bertz CT molecular complexity index is 798. The number of aromatic nitrogens is 1. The molecule has 0 radical (unpaired) electrons. The number of sulfonamides is 1. The molecule has 0 saturated heterocycles. The predicted octanol–water partition coefficient (Wildman–Crippen LogP) is 2.99. The molecular weight excluding hydrogens is 366 g/mol. The Balaban J connectivity index is 2.04. The van der Waals surface area contributed by atoms with Gasteiger partial charge in [-0.05, 0) is 36.8 Å². The summed E-state index contributed by atoms with van der Waals surface area (Å²) in [6.07, 6.45) is 2.30. The molecule has 1 aromatic heterocycles. The Hall–Kier alpha value is -2.03. The molecule has 1 heterocycles. The summed E-state index contributed by atoms with van der Waals surface area (Å²) in [5.74, 6) is 1.07. The summed E-state index contributed by atoms with van der Waals surface area (Å²) in [7, 11) is -0.654. The zero-order valence-electron chi connectivity index (χ0n) is 14.0. The Kier molecular flexibility index (Phi) is 6.86. The number of pyridine rings is 1. The fraction of sp³-hybridized carbons (Fsp3) is 0.312. The molecule has 0 unspecified atom stereocenters. The van der Waals surface area contributed by atoms with E-state index in [0.717, 1.165) is 13.0 Å². The zero-order chi connectivity index (χ0) is 18.3. The van der Waals surface area contributed by atoms with Gasteiger partial charge in [-0.25, -0.2) is 13.4 Å². The van der Waals surface area contributed by atoms with Crippen LogP contribution >= 0.6 is 11.6 Å². The lowest BCUT2D eigenvalue weighted by Gasteiger charge is -2.10. The number of methoxy groups -OCH3 is 2. The van der Waals surface area contributed by atoms with Gasteiger partial charge in [0.05, 0.1) is 28.9 Å². The van der Waals surface area contributed by atoms with E-state index in [1.54, 1.807) is 19.2 Å². The van der Waals surface area contributed by atoms with Gasteiger partial charge in [0.1, 0.15) is 11.6 Å². The van der Waals surface area contributed by atoms with Crippen LogP contribution < -0.4 is 14.8 Å². The average molecular weight is 386 g/mol.